The molecule has 0 atom stereocenters. The average molecular weight is 226 g/mol. The molecule has 2 bridgehead atoms. The van der Waals surface area contributed by atoms with Gasteiger partial charge < -0.3 is 15.4 Å². The number of ether oxygens (including phenoxy) is 1. The van der Waals surface area contributed by atoms with Crippen molar-refractivity contribution in [2.45, 2.75) is 63.6 Å². The first-order valence-corrected chi connectivity index (χ1v) is 6.13. The maximum absolute atomic E-state index is 11.5. The molecule has 2 aliphatic rings. The molecule has 0 aromatic heterocycles. The number of amides is 1. The van der Waals surface area contributed by atoms with Crippen LogP contribution in [0.3, 0.4) is 0 Å². The first-order valence-electron chi connectivity index (χ1n) is 6.13. The van der Waals surface area contributed by atoms with Gasteiger partial charge in [-0.05, 0) is 46.5 Å². The van der Waals surface area contributed by atoms with Gasteiger partial charge in [-0.2, -0.15) is 0 Å². The summed E-state index contributed by atoms with van der Waals surface area (Å²) in [6, 6.07) is 0.681. The van der Waals surface area contributed by atoms with E-state index in [0.29, 0.717) is 12.6 Å². The highest BCUT2D eigenvalue weighted by atomic mass is 16.6. The Labute approximate surface area is 97.1 Å². The van der Waals surface area contributed by atoms with Gasteiger partial charge in [0, 0.05) is 18.1 Å². The van der Waals surface area contributed by atoms with Crippen LogP contribution < -0.4 is 10.6 Å². The molecule has 92 valence electrons. The molecule has 4 heteroatoms. The lowest BCUT2D eigenvalue weighted by atomic mass is 9.88. The largest absolute Gasteiger partial charge is 0.444 e. The van der Waals surface area contributed by atoms with Crippen molar-refractivity contribution in [3.05, 3.63) is 0 Å². The van der Waals surface area contributed by atoms with Crippen LogP contribution in [0.25, 0.3) is 0 Å². The lowest BCUT2D eigenvalue weighted by molar-refractivity contribution is 0.0512. The number of fused-ring (bicyclic) bond motifs is 2. The summed E-state index contributed by atoms with van der Waals surface area (Å²) in [5.41, 5.74) is -0.259. The molecule has 0 saturated carbocycles. The number of alkyl carbamates (subject to hydrolysis) is 1. The van der Waals surface area contributed by atoms with E-state index in [0.717, 1.165) is 0 Å². The van der Waals surface area contributed by atoms with E-state index in [1.165, 1.54) is 25.7 Å². The molecule has 0 unspecified atom stereocenters. The normalized spacial score (nSPS) is 32.8. The third-order valence-corrected chi connectivity index (χ3v) is 3.42. The minimum absolute atomic E-state index is 0.154. The molecule has 2 N–H and O–H groups in total. The zero-order chi connectivity index (χ0) is 11.8. The molecule has 0 aliphatic carbocycles. The van der Waals surface area contributed by atoms with Gasteiger partial charge in [-0.25, -0.2) is 4.79 Å². The predicted molar refractivity (Wildman–Crippen MR) is 62.4 cm³/mol. The van der Waals surface area contributed by atoms with Gasteiger partial charge in [0.05, 0.1) is 0 Å². The summed E-state index contributed by atoms with van der Waals surface area (Å²) >= 11 is 0. The van der Waals surface area contributed by atoms with E-state index >= 15 is 0 Å². The zero-order valence-electron chi connectivity index (χ0n) is 10.4. The highest BCUT2D eigenvalue weighted by molar-refractivity contribution is 5.67. The van der Waals surface area contributed by atoms with Crippen LogP contribution in [0.1, 0.15) is 46.5 Å². The Morgan fingerprint density at radius 3 is 2.50 bits per heavy atom. The van der Waals surface area contributed by atoms with Gasteiger partial charge in [-0.3, -0.25) is 0 Å². The fourth-order valence-corrected chi connectivity index (χ4v) is 2.68. The standard InChI is InChI=1S/C12H22N2O2/c1-11(2,3)16-10(15)13-8-12-6-4-9(14-12)5-7-12/h9,14H,4-8H2,1-3H3,(H,13,15). The van der Waals surface area contributed by atoms with Crippen LogP contribution in [0.4, 0.5) is 4.79 Å². The molecule has 16 heavy (non-hydrogen) atoms. The Balaban J connectivity index is 1.77. The van der Waals surface area contributed by atoms with E-state index in [9.17, 15) is 4.79 Å². The summed E-state index contributed by atoms with van der Waals surface area (Å²) in [7, 11) is 0. The molecular formula is C12H22N2O2. The average Bonchev–Trinajstić information content (AvgIpc) is 2.72. The smallest absolute Gasteiger partial charge is 0.407 e. The van der Waals surface area contributed by atoms with Crippen molar-refractivity contribution in [1.29, 1.82) is 0 Å². The highest BCUT2D eigenvalue weighted by Gasteiger charge is 2.44. The Kier molecular flexibility index (Phi) is 2.86. The maximum Gasteiger partial charge on any atom is 0.407 e. The lowest BCUT2D eigenvalue weighted by Gasteiger charge is -2.27. The summed E-state index contributed by atoms with van der Waals surface area (Å²) in [6.07, 6.45) is 4.53. The van der Waals surface area contributed by atoms with Crippen LogP contribution >= 0.6 is 0 Å². The van der Waals surface area contributed by atoms with Gasteiger partial charge in [0.15, 0.2) is 0 Å². The van der Waals surface area contributed by atoms with Gasteiger partial charge in [-0.15, -0.1) is 0 Å². The van der Waals surface area contributed by atoms with Crippen LogP contribution in [0.5, 0.6) is 0 Å². The summed E-state index contributed by atoms with van der Waals surface area (Å²) in [4.78, 5) is 11.5. The van der Waals surface area contributed by atoms with Crippen molar-refractivity contribution in [3.8, 4) is 0 Å². The molecule has 2 heterocycles. The Hall–Kier alpha value is -0.770. The molecule has 1 amide bonds. The van der Waals surface area contributed by atoms with E-state index in [1.54, 1.807) is 0 Å². The van der Waals surface area contributed by atoms with Crippen LogP contribution in [0, 0.1) is 0 Å². The Morgan fingerprint density at radius 2 is 2.06 bits per heavy atom. The fraction of sp³-hybridized carbons (Fsp3) is 0.917. The number of rotatable bonds is 2. The third-order valence-electron chi connectivity index (χ3n) is 3.42. The molecule has 0 aromatic carbocycles. The van der Waals surface area contributed by atoms with Crippen molar-refractivity contribution >= 4 is 6.09 Å². The van der Waals surface area contributed by atoms with Crippen LogP contribution in [-0.4, -0.2) is 29.8 Å². The molecular weight excluding hydrogens is 204 g/mol. The van der Waals surface area contributed by atoms with Crippen molar-refractivity contribution in [3.63, 3.8) is 0 Å². The SMILES string of the molecule is CC(C)(C)OC(=O)NCC12CCC(CC1)N2. The number of hydrogen-bond donors (Lipinski definition) is 2. The fourth-order valence-electron chi connectivity index (χ4n) is 2.68. The Morgan fingerprint density at radius 1 is 1.44 bits per heavy atom. The van der Waals surface area contributed by atoms with Crippen LogP contribution in [0.2, 0.25) is 0 Å². The van der Waals surface area contributed by atoms with E-state index in [4.69, 9.17) is 4.74 Å². The molecule has 4 nitrogen and oxygen atoms in total. The van der Waals surface area contributed by atoms with Gasteiger partial charge in [0.2, 0.25) is 0 Å². The first kappa shape index (κ1) is 11.7. The van der Waals surface area contributed by atoms with Crippen molar-refractivity contribution in [2.75, 3.05) is 6.54 Å². The minimum atomic E-state index is -0.414. The molecule has 2 saturated heterocycles. The van der Waals surface area contributed by atoms with Gasteiger partial charge >= 0.3 is 6.09 Å². The predicted octanol–water partition coefficient (Wildman–Crippen LogP) is 1.80. The van der Waals surface area contributed by atoms with Crippen molar-refractivity contribution < 1.29 is 9.53 Å². The third kappa shape index (κ3) is 2.67. The lowest BCUT2D eigenvalue weighted by Crippen LogP contribution is -2.48. The molecule has 2 aliphatic heterocycles. The molecule has 2 fully saturated rings. The zero-order valence-corrected chi connectivity index (χ0v) is 10.4. The van der Waals surface area contributed by atoms with Gasteiger partial charge in [-0.1, -0.05) is 0 Å². The van der Waals surface area contributed by atoms with Crippen molar-refractivity contribution in [2.24, 2.45) is 0 Å². The highest BCUT2D eigenvalue weighted by Crippen LogP contribution is 2.36. The number of hydrogen-bond acceptors (Lipinski definition) is 3. The number of carbonyl (C=O) groups is 1. The van der Waals surface area contributed by atoms with Gasteiger partial charge in [0.25, 0.3) is 0 Å². The van der Waals surface area contributed by atoms with E-state index in [2.05, 4.69) is 10.6 Å². The summed E-state index contributed by atoms with van der Waals surface area (Å²) < 4.78 is 5.22. The molecule has 0 aromatic rings. The quantitative estimate of drug-likeness (QED) is 0.755. The maximum atomic E-state index is 11.5. The first-order chi connectivity index (χ1) is 7.39. The number of carbonyl (C=O) groups excluding carboxylic acids is 1. The topological polar surface area (TPSA) is 50.4 Å². The van der Waals surface area contributed by atoms with E-state index in [-0.39, 0.29) is 11.6 Å². The minimum Gasteiger partial charge on any atom is -0.444 e. The van der Waals surface area contributed by atoms with Gasteiger partial charge in [0.1, 0.15) is 5.60 Å². The second kappa shape index (κ2) is 3.91. The van der Waals surface area contributed by atoms with E-state index < -0.39 is 5.60 Å². The molecule has 2 rings (SSSR count). The van der Waals surface area contributed by atoms with Crippen LogP contribution in [0.15, 0.2) is 0 Å². The van der Waals surface area contributed by atoms with E-state index in [1.807, 2.05) is 20.8 Å². The molecule has 0 spiro atoms. The summed E-state index contributed by atoms with van der Waals surface area (Å²) in [5, 5.41) is 6.47. The second-order valence-corrected chi connectivity index (χ2v) is 6.05. The second-order valence-electron chi connectivity index (χ2n) is 6.05. The summed E-state index contributed by atoms with van der Waals surface area (Å²) in [5.74, 6) is 0. The Bertz CT molecular complexity index is 275. The van der Waals surface area contributed by atoms with Crippen LogP contribution in [-0.2, 0) is 4.74 Å². The van der Waals surface area contributed by atoms with Crippen molar-refractivity contribution in [1.82, 2.24) is 10.6 Å². The monoisotopic (exact) mass is 226 g/mol. The molecule has 0 radical (unpaired) electrons. The number of nitrogens with one attached hydrogen (secondary N) is 2. The summed E-state index contributed by atoms with van der Waals surface area (Å²) in [6.45, 7) is 6.33.